The number of halogens is 1. The van der Waals surface area contributed by atoms with E-state index in [4.69, 9.17) is 18.9 Å². The van der Waals surface area contributed by atoms with Crippen molar-refractivity contribution in [3.05, 3.63) is 119 Å². The van der Waals surface area contributed by atoms with Crippen molar-refractivity contribution >= 4 is 45.3 Å². The van der Waals surface area contributed by atoms with Gasteiger partial charge in [-0.1, -0.05) is 51.5 Å². The highest BCUT2D eigenvalue weighted by molar-refractivity contribution is 9.10. The lowest BCUT2D eigenvalue weighted by atomic mass is 9.96. The van der Waals surface area contributed by atoms with Crippen LogP contribution in [-0.2, 0) is 9.53 Å². The summed E-state index contributed by atoms with van der Waals surface area (Å²) in [6, 6.07) is 18.3. The quantitative estimate of drug-likeness (QED) is 0.197. The lowest BCUT2D eigenvalue weighted by Crippen LogP contribution is -2.39. The molecule has 5 rings (SSSR count). The Morgan fingerprint density at radius 2 is 1.77 bits per heavy atom. The van der Waals surface area contributed by atoms with Crippen LogP contribution in [-0.4, -0.2) is 37.3 Å². The van der Waals surface area contributed by atoms with Gasteiger partial charge in [0.25, 0.3) is 5.56 Å². The lowest BCUT2D eigenvalue weighted by molar-refractivity contribution is -0.139. The summed E-state index contributed by atoms with van der Waals surface area (Å²) in [6.07, 6.45) is 1.71. The second-order valence-electron chi connectivity index (χ2n) is 9.39. The third-order valence-electron chi connectivity index (χ3n) is 6.70. The number of hydrogen-bond donors (Lipinski definition) is 0. The summed E-state index contributed by atoms with van der Waals surface area (Å²) in [7, 11) is 3.04. The lowest BCUT2D eigenvalue weighted by Gasteiger charge is -2.24. The molecule has 9 nitrogen and oxygen atoms in total. The van der Waals surface area contributed by atoms with Crippen molar-refractivity contribution in [2.75, 3.05) is 20.8 Å². The SMILES string of the molecule is CCOC(=O)C1=C(C)N=c2sc(=Cc3ccc(OC(=O)c4cccc(Br)c4)c(OC)c3)c(=O)n2[C@@H]1c1ccc(OC)cc1. The molecular weight excluding hydrogens is 636 g/mol. The van der Waals surface area contributed by atoms with Gasteiger partial charge in [-0.3, -0.25) is 9.36 Å². The van der Waals surface area contributed by atoms with E-state index in [1.165, 1.54) is 23.0 Å². The zero-order valence-electron chi connectivity index (χ0n) is 23.8. The van der Waals surface area contributed by atoms with Crippen LogP contribution < -0.4 is 29.1 Å². The van der Waals surface area contributed by atoms with Gasteiger partial charge in [0.05, 0.1) is 48.2 Å². The van der Waals surface area contributed by atoms with Gasteiger partial charge in [-0.2, -0.15) is 0 Å². The third kappa shape index (κ3) is 6.18. The minimum Gasteiger partial charge on any atom is -0.497 e. The summed E-state index contributed by atoms with van der Waals surface area (Å²) in [5.74, 6) is 0.138. The minimum absolute atomic E-state index is 0.186. The zero-order chi connectivity index (χ0) is 30.7. The van der Waals surface area contributed by atoms with E-state index in [2.05, 4.69) is 20.9 Å². The van der Waals surface area contributed by atoms with Crippen molar-refractivity contribution < 1.29 is 28.5 Å². The van der Waals surface area contributed by atoms with Crippen LogP contribution in [0.15, 0.2) is 92.3 Å². The second-order valence-corrected chi connectivity index (χ2v) is 11.3. The van der Waals surface area contributed by atoms with E-state index in [1.54, 1.807) is 75.6 Å². The number of allylic oxidation sites excluding steroid dienone is 1. The molecule has 0 aliphatic carbocycles. The molecule has 220 valence electrons. The first-order valence-electron chi connectivity index (χ1n) is 13.2. The van der Waals surface area contributed by atoms with Gasteiger partial charge < -0.3 is 18.9 Å². The van der Waals surface area contributed by atoms with Crippen molar-refractivity contribution in [1.82, 2.24) is 4.57 Å². The molecule has 1 atom stereocenters. The molecule has 3 aromatic carbocycles. The van der Waals surface area contributed by atoms with Crippen LogP contribution in [0.25, 0.3) is 6.08 Å². The molecule has 0 unspecified atom stereocenters. The topological polar surface area (TPSA) is 105 Å². The summed E-state index contributed by atoms with van der Waals surface area (Å²) in [5.41, 5.74) is 2.19. The van der Waals surface area contributed by atoms with Gasteiger partial charge in [-0.05, 0) is 73.5 Å². The second kappa shape index (κ2) is 12.8. The van der Waals surface area contributed by atoms with E-state index < -0.39 is 18.0 Å². The average Bonchev–Trinajstić information content (AvgIpc) is 3.30. The maximum atomic E-state index is 13.9. The summed E-state index contributed by atoms with van der Waals surface area (Å²) >= 11 is 4.56. The molecule has 0 bridgehead atoms. The van der Waals surface area contributed by atoms with E-state index in [0.717, 1.165) is 4.47 Å². The van der Waals surface area contributed by atoms with Crippen molar-refractivity contribution in [2.24, 2.45) is 4.99 Å². The Bertz CT molecular complexity index is 1930. The number of methoxy groups -OCH3 is 2. The molecule has 0 N–H and O–H groups in total. The van der Waals surface area contributed by atoms with Gasteiger partial charge in [0, 0.05) is 4.47 Å². The first-order chi connectivity index (χ1) is 20.7. The highest BCUT2D eigenvalue weighted by atomic mass is 79.9. The number of fused-ring (bicyclic) bond motifs is 1. The number of carbonyl (C=O) groups excluding carboxylic acids is 2. The van der Waals surface area contributed by atoms with Crippen LogP contribution in [0.1, 0.15) is 41.4 Å². The molecule has 0 spiro atoms. The Kier molecular flexibility index (Phi) is 8.93. The Morgan fingerprint density at radius 1 is 1.00 bits per heavy atom. The van der Waals surface area contributed by atoms with Crippen LogP contribution in [0, 0.1) is 0 Å². The van der Waals surface area contributed by atoms with Gasteiger partial charge in [-0.15, -0.1) is 0 Å². The van der Waals surface area contributed by atoms with Crippen LogP contribution in [0.2, 0.25) is 0 Å². The number of esters is 2. The van der Waals surface area contributed by atoms with E-state index >= 15 is 0 Å². The van der Waals surface area contributed by atoms with Gasteiger partial charge in [-0.25, -0.2) is 14.6 Å². The molecule has 11 heteroatoms. The molecule has 0 saturated carbocycles. The number of aromatic nitrogens is 1. The largest absolute Gasteiger partial charge is 0.497 e. The maximum absolute atomic E-state index is 13.9. The fraction of sp³-hybridized carbons (Fsp3) is 0.188. The Labute approximate surface area is 259 Å². The van der Waals surface area contributed by atoms with E-state index in [-0.39, 0.29) is 17.9 Å². The molecule has 0 radical (unpaired) electrons. The molecule has 0 saturated heterocycles. The molecule has 43 heavy (non-hydrogen) atoms. The van der Waals surface area contributed by atoms with Crippen molar-refractivity contribution in [1.29, 1.82) is 0 Å². The summed E-state index contributed by atoms with van der Waals surface area (Å²) < 4.78 is 24.4. The van der Waals surface area contributed by atoms with Gasteiger partial charge in [0.1, 0.15) is 5.75 Å². The standard InChI is InChI=1S/C32H27BrN2O7S/c1-5-41-31(38)27-18(2)34-32-35(28(27)20-10-12-23(39-3)13-11-20)29(36)26(43-32)16-19-9-14-24(25(15-19)40-4)42-30(37)21-7-6-8-22(33)17-21/h6-17,28H,5H2,1-4H3/t28-/m1/s1. The van der Waals surface area contributed by atoms with Crippen molar-refractivity contribution in [3.63, 3.8) is 0 Å². The fourth-order valence-corrected chi connectivity index (χ4v) is 6.12. The fourth-order valence-electron chi connectivity index (χ4n) is 4.68. The molecule has 4 aromatic rings. The average molecular weight is 664 g/mol. The highest BCUT2D eigenvalue weighted by Gasteiger charge is 2.33. The first-order valence-corrected chi connectivity index (χ1v) is 14.8. The minimum atomic E-state index is -0.738. The Hall–Kier alpha value is -4.48. The molecule has 2 heterocycles. The predicted molar refractivity (Wildman–Crippen MR) is 165 cm³/mol. The molecule has 1 aliphatic heterocycles. The Balaban J connectivity index is 1.55. The smallest absolute Gasteiger partial charge is 0.343 e. The van der Waals surface area contributed by atoms with Crippen LogP contribution in [0.4, 0.5) is 0 Å². The predicted octanol–water partition coefficient (Wildman–Crippen LogP) is 4.80. The molecule has 1 aliphatic rings. The van der Waals surface area contributed by atoms with Crippen LogP contribution in [0.3, 0.4) is 0 Å². The summed E-state index contributed by atoms with van der Waals surface area (Å²) in [6.45, 7) is 3.65. The number of hydrogen-bond acceptors (Lipinski definition) is 9. The zero-order valence-corrected chi connectivity index (χ0v) is 26.2. The maximum Gasteiger partial charge on any atom is 0.343 e. The number of nitrogens with zero attached hydrogens (tertiary/aromatic N) is 2. The number of ether oxygens (including phenoxy) is 4. The number of carbonyl (C=O) groups is 2. The molecule has 0 amide bonds. The van der Waals surface area contributed by atoms with Crippen LogP contribution in [0.5, 0.6) is 17.2 Å². The number of rotatable bonds is 8. The molecule has 0 fully saturated rings. The van der Waals surface area contributed by atoms with Gasteiger partial charge in [0.15, 0.2) is 16.3 Å². The summed E-state index contributed by atoms with van der Waals surface area (Å²) in [4.78, 5) is 44.7. The first kappa shape index (κ1) is 30.0. The van der Waals surface area contributed by atoms with Crippen molar-refractivity contribution in [2.45, 2.75) is 19.9 Å². The normalized spacial score (nSPS) is 14.5. The molecule has 1 aromatic heterocycles. The van der Waals surface area contributed by atoms with Gasteiger partial charge >= 0.3 is 11.9 Å². The highest BCUT2D eigenvalue weighted by Crippen LogP contribution is 2.32. The number of thiazole rings is 1. The Morgan fingerprint density at radius 3 is 2.44 bits per heavy atom. The van der Waals surface area contributed by atoms with Crippen molar-refractivity contribution in [3.8, 4) is 17.2 Å². The summed E-state index contributed by atoms with van der Waals surface area (Å²) in [5, 5.41) is 0. The van der Waals surface area contributed by atoms with Crippen LogP contribution >= 0.6 is 27.3 Å². The number of benzene rings is 3. The third-order valence-corrected chi connectivity index (χ3v) is 8.17. The molecular formula is C32H27BrN2O7S. The van der Waals surface area contributed by atoms with E-state index in [9.17, 15) is 14.4 Å². The van der Waals surface area contributed by atoms with E-state index in [0.29, 0.717) is 48.8 Å². The monoisotopic (exact) mass is 662 g/mol. The van der Waals surface area contributed by atoms with Gasteiger partial charge in [0.2, 0.25) is 0 Å². The van der Waals surface area contributed by atoms with E-state index in [1.807, 2.05) is 18.2 Å².